The number of nitrogens with one attached hydrogen (secondary N) is 2. The van der Waals surface area contributed by atoms with Gasteiger partial charge in [0.15, 0.2) is 5.58 Å². The summed E-state index contributed by atoms with van der Waals surface area (Å²) in [5.74, 6) is -0.619. The highest BCUT2D eigenvalue weighted by Crippen LogP contribution is 2.22. The molecule has 0 radical (unpaired) electrons. The van der Waals surface area contributed by atoms with E-state index in [-0.39, 0.29) is 17.0 Å². The average molecular weight is 389 g/mol. The fourth-order valence-corrected chi connectivity index (χ4v) is 4.14. The fourth-order valence-electron chi connectivity index (χ4n) is 3.12. The summed E-state index contributed by atoms with van der Waals surface area (Å²) in [5.41, 5.74) is 2.54. The van der Waals surface area contributed by atoms with E-state index in [0.717, 1.165) is 24.3 Å². The van der Waals surface area contributed by atoms with Crippen LogP contribution in [0.4, 0.5) is 5.69 Å². The molecule has 0 saturated carbocycles. The third-order valence-corrected chi connectivity index (χ3v) is 5.90. The predicted octanol–water partition coefficient (Wildman–Crippen LogP) is 1.44. The number of morpholine rings is 1. The number of H-pyrrole nitrogens is 1. The topological polar surface area (TPSA) is 105 Å². The Kier molecular flexibility index (Phi) is 4.73. The molecule has 9 heteroatoms. The maximum absolute atomic E-state index is 12.7. The number of oxazole rings is 1. The monoisotopic (exact) mass is 389 g/mol. The van der Waals surface area contributed by atoms with Crippen molar-refractivity contribution in [3.63, 3.8) is 0 Å². The van der Waals surface area contributed by atoms with Crippen molar-refractivity contribution in [3.05, 3.63) is 58.6 Å². The van der Waals surface area contributed by atoms with Crippen molar-refractivity contribution in [2.24, 2.45) is 0 Å². The molecule has 0 aliphatic carbocycles. The molecule has 0 unspecified atom stereocenters. The summed E-state index contributed by atoms with van der Waals surface area (Å²) >= 11 is 0. The van der Waals surface area contributed by atoms with Crippen molar-refractivity contribution >= 4 is 26.8 Å². The van der Waals surface area contributed by atoms with Crippen LogP contribution < -0.4 is 15.4 Å². The van der Waals surface area contributed by atoms with Gasteiger partial charge in [0.1, 0.15) is 0 Å². The van der Waals surface area contributed by atoms with Crippen LogP contribution >= 0.6 is 0 Å². The number of nitrogens with zero attached hydrogens (tertiary/aromatic N) is 1. The molecule has 0 amide bonds. The third kappa shape index (κ3) is 3.75. The molecule has 1 aromatic heterocycles. The van der Waals surface area contributed by atoms with Crippen molar-refractivity contribution in [3.8, 4) is 0 Å². The third-order valence-electron chi connectivity index (χ3n) is 4.50. The van der Waals surface area contributed by atoms with Gasteiger partial charge in [0.05, 0.1) is 23.6 Å². The van der Waals surface area contributed by atoms with Crippen molar-refractivity contribution in [1.82, 2.24) is 9.71 Å². The number of sulfonamides is 1. The zero-order chi connectivity index (χ0) is 18.9. The lowest BCUT2D eigenvalue weighted by molar-refractivity contribution is 0.122. The standard InChI is InChI=1S/C18H19N3O5S/c22-18-20-15-6-5-14(11-17(15)26-18)27(23,24)19-12-13-3-1-2-4-16(13)21-7-9-25-10-8-21/h1-6,11,19H,7-10,12H2,(H,20,22). The van der Waals surface area contributed by atoms with Crippen LogP contribution in [0.15, 0.2) is 56.6 Å². The Morgan fingerprint density at radius 3 is 2.70 bits per heavy atom. The normalized spacial score (nSPS) is 15.3. The molecule has 27 heavy (non-hydrogen) atoms. The summed E-state index contributed by atoms with van der Waals surface area (Å²) in [6, 6.07) is 12.0. The number of para-hydroxylation sites is 1. The van der Waals surface area contributed by atoms with Gasteiger partial charge in [0, 0.05) is 31.4 Å². The summed E-state index contributed by atoms with van der Waals surface area (Å²) in [6.45, 7) is 3.01. The van der Waals surface area contributed by atoms with E-state index in [1.807, 2.05) is 24.3 Å². The van der Waals surface area contributed by atoms with Crippen LogP contribution in [-0.4, -0.2) is 39.7 Å². The van der Waals surface area contributed by atoms with E-state index in [2.05, 4.69) is 14.6 Å². The molecule has 0 spiro atoms. The lowest BCUT2D eigenvalue weighted by atomic mass is 10.1. The van der Waals surface area contributed by atoms with Gasteiger partial charge in [-0.3, -0.25) is 4.98 Å². The van der Waals surface area contributed by atoms with Gasteiger partial charge in [-0.05, 0) is 23.8 Å². The Morgan fingerprint density at radius 2 is 1.89 bits per heavy atom. The van der Waals surface area contributed by atoms with Gasteiger partial charge in [0.2, 0.25) is 10.0 Å². The maximum atomic E-state index is 12.7. The Hall–Kier alpha value is -2.62. The summed E-state index contributed by atoms with van der Waals surface area (Å²) < 4.78 is 38.3. The highest BCUT2D eigenvalue weighted by Gasteiger charge is 2.18. The zero-order valence-corrected chi connectivity index (χ0v) is 15.3. The quantitative estimate of drug-likeness (QED) is 0.684. The molecule has 1 aliphatic rings. The van der Waals surface area contributed by atoms with Gasteiger partial charge in [0.25, 0.3) is 0 Å². The largest absolute Gasteiger partial charge is 0.417 e. The number of aromatic nitrogens is 1. The number of aromatic amines is 1. The minimum Gasteiger partial charge on any atom is -0.408 e. The fraction of sp³-hybridized carbons (Fsp3) is 0.278. The number of benzene rings is 2. The zero-order valence-electron chi connectivity index (χ0n) is 14.5. The van der Waals surface area contributed by atoms with E-state index < -0.39 is 15.8 Å². The van der Waals surface area contributed by atoms with Crippen molar-refractivity contribution in [1.29, 1.82) is 0 Å². The van der Waals surface area contributed by atoms with Crippen molar-refractivity contribution in [2.45, 2.75) is 11.4 Å². The van der Waals surface area contributed by atoms with Gasteiger partial charge < -0.3 is 14.1 Å². The molecule has 2 heterocycles. The Bertz CT molecular complexity index is 1110. The van der Waals surface area contributed by atoms with E-state index >= 15 is 0 Å². The van der Waals surface area contributed by atoms with Crippen LogP contribution in [-0.2, 0) is 21.3 Å². The average Bonchev–Trinajstić information content (AvgIpc) is 3.06. The van der Waals surface area contributed by atoms with E-state index in [9.17, 15) is 13.2 Å². The first-order valence-corrected chi connectivity index (χ1v) is 10.0. The molecular weight excluding hydrogens is 370 g/mol. The highest BCUT2D eigenvalue weighted by molar-refractivity contribution is 7.89. The summed E-state index contributed by atoms with van der Waals surface area (Å²) in [6.07, 6.45) is 0. The molecule has 1 saturated heterocycles. The molecule has 0 bridgehead atoms. The van der Waals surface area contributed by atoms with E-state index in [1.165, 1.54) is 18.2 Å². The Labute approximate surface area is 155 Å². The molecule has 142 valence electrons. The van der Waals surface area contributed by atoms with Gasteiger partial charge >= 0.3 is 5.76 Å². The van der Waals surface area contributed by atoms with E-state index in [0.29, 0.717) is 18.7 Å². The van der Waals surface area contributed by atoms with Crippen LogP contribution in [0.2, 0.25) is 0 Å². The molecule has 4 rings (SSSR count). The summed E-state index contributed by atoms with van der Waals surface area (Å²) in [5, 5.41) is 0. The summed E-state index contributed by atoms with van der Waals surface area (Å²) in [4.78, 5) is 16.0. The second-order valence-corrected chi connectivity index (χ2v) is 7.99. The van der Waals surface area contributed by atoms with Gasteiger partial charge in [-0.2, -0.15) is 0 Å². The minimum atomic E-state index is -3.76. The van der Waals surface area contributed by atoms with Crippen LogP contribution in [0.3, 0.4) is 0 Å². The predicted molar refractivity (Wildman–Crippen MR) is 100 cm³/mol. The number of hydrogen-bond donors (Lipinski definition) is 2. The Balaban J connectivity index is 1.56. The lowest BCUT2D eigenvalue weighted by Crippen LogP contribution is -2.37. The highest BCUT2D eigenvalue weighted by atomic mass is 32.2. The van der Waals surface area contributed by atoms with Gasteiger partial charge in [-0.25, -0.2) is 17.9 Å². The minimum absolute atomic E-state index is 0.0432. The molecule has 0 atom stereocenters. The maximum Gasteiger partial charge on any atom is 0.417 e. The second-order valence-electron chi connectivity index (χ2n) is 6.23. The van der Waals surface area contributed by atoms with Gasteiger partial charge in [-0.1, -0.05) is 18.2 Å². The van der Waals surface area contributed by atoms with Crippen molar-refractivity contribution < 1.29 is 17.6 Å². The van der Waals surface area contributed by atoms with E-state index in [4.69, 9.17) is 9.15 Å². The smallest absolute Gasteiger partial charge is 0.408 e. The first-order chi connectivity index (χ1) is 13.0. The SMILES string of the molecule is O=c1[nH]c2ccc(S(=O)(=O)NCc3ccccc3N3CCOCC3)cc2o1. The molecule has 2 aromatic carbocycles. The molecule has 3 aromatic rings. The number of hydrogen-bond acceptors (Lipinski definition) is 6. The first kappa shape index (κ1) is 17.8. The number of rotatable bonds is 5. The second kappa shape index (κ2) is 7.18. The van der Waals surface area contributed by atoms with Crippen molar-refractivity contribution in [2.75, 3.05) is 31.2 Å². The van der Waals surface area contributed by atoms with Crippen LogP contribution in [0.5, 0.6) is 0 Å². The molecular formula is C18H19N3O5S. The molecule has 1 fully saturated rings. The van der Waals surface area contributed by atoms with E-state index in [1.54, 1.807) is 0 Å². The van der Waals surface area contributed by atoms with Gasteiger partial charge in [-0.15, -0.1) is 0 Å². The van der Waals surface area contributed by atoms with Crippen LogP contribution in [0.25, 0.3) is 11.1 Å². The van der Waals surface area contributed by atoms with Crippen LogP contribution in [0, 0.1) is 0 Å². The first-order valence-electron chi connectivity index (χ1n) is 8.56. The number of fused-ring (bicyclic) bond motifs is 1. The Morgan fingerprint density at radius 1 is 1.11 bits per heavy atom. The molecule has 8 nitrogen and oxygen atoms in total. The molecule has 2 N–H and O–H groups in total. The summed E-state index contributed by atoms with van der Waals surface area (Å²) in [7, 11) is -3.76. The van der Waals surface area contributed by atoms with Crippen LogP contribution in [0.1, 0.15) is 5.56 Å². The molecule has 1 aliphatic heterocycles. The number of ether oxygens (including phenoxy) is 1. The number of anilines is 1. The lowest BCUT2D eigenvalue weighted by Gasteiger charge is -2.30.